The highest BCUT2D eigenvalue weighted by Gasteiger charge is 2.22. The number of benzene rings is 1. The molecule has 2 atom stereocenters. The Bertz CT molecular complexity index is 299. The van der Waals surface area contributed by atoms with Crippen LogP contribution in [0.5, 0.6) is 0 Å². The lowest BCUT2D eigenvalue weighted by molar-refractivity contribution is 0.187. The lowest BCUT2D eigenvalue weighted by atomic mass is 9.91. The summed E-state index contributed by atoms with van der Waals surface area (Å²) in [5.74, 6) is 0.419. The molecule has 0 saturated carbocycles. The Hall–Kier alpha value is -0.860. The highest BCUT2D eigenvalue weighted by Crippen LogP contribution is 2.19. The maximum atomic E-state index is 9.42. The van der Waals surface area contributed by atoms with Crippen LogP contribution < -0.4 is 5.32 Å². The summed E-state index contributed by atoms with van der Waals surface area (Å²) >= 11 is 0. The first-order valence-corrected chi connectivity index (χ1v) is 6.28. The molecule has 88 valence electrons. The third-order valence-electron chi connectivity index (χ3n) is 3.51. The maximum absolute atomic E-state index is 9.42. The van der Waals surface area contributed by atoms with E-state index in [9.17, 15) is 5.11 Å². The van der Waals surface area contributed by atoms with Crippen molar-refractivity contribution in [3.63, 3.8) is 0 Å². The van der Waals surface area contributed by atoms with Crippen molar-refractivity contribution < 1.29 is 5.11 Å². The molecule has 0 radical (unpaired) electrons. The van der Waals surface area contributed by atoms with Crippen LogP contribution in [-0.2, 0) is 6.42 Å². The van der Waals surface area contributed by atoms with Crippen LogP contribution in [0.25, 0.3) is 0 Å². The first-order valence-electron chi connectivity index (χ1n) is 6.28. The standard InChI is InChI=1S/C14H21NO/c16-11-13-8-4-5-9-15-14(13)10-12-6-2-1-3-7-12/h1-3,6-7,13-16H,4-5,8-11H2. The van der Waals surface area contributed by atoms with E-state index in [4.69, 9.17) is 0 Å². The van der Waals surface area contributed by atoms with Crippen LogP contribution >= 0.6 is 0 Å². The fraction of sp³-hybridized carbons (Fsp3) is 0.571. The molecule has 2 heteroatoms. The van der Waals surface area contributed by atoms with Gasteiger partial charge in [0.15, 0.2) is 0 Å². The molecule has 0 spiro atoms. The Balaban J connectivity index is 2.00. The van der Waals surface area contributed by atoms with Gasteiger partial charge in [-0.05, 0) is 37.3 Å². The second kappa shape index (κ2) is 6.02. The van der Waals surface area contributed by atoms with Crippen molar-refractivity contribution in [1.82, 2.24) is 5.32 Å². The molecule has 0 aliphatic carbocycles. The lowest BCUT2D eigenvalue weighted by Gasteiger charge is -2.24. The van der Waals surface area contributed by atoms with Crippen LogP contribution in [0.2, 0.25) is 0 Å². The quantitative estimate of drug-likeness (QED) is 0.814. The molecule has 1 aromatic rings. The fourth-order valence-electron chi connectivity index (χ4n) is 2.51. The van der Waals surface area contributed by atoms with Gasteiger partial charge in [-0.25, -0.2) is 0 Å². The van der Waals surface area contributed by atoms with E-state index in [0.29, 0.717) is 18.6 Å². The number of hydrogen-bond donors (Lipinski definition) is 2. The summed E-state index contributed by atoms with van der Waals surface area (Å²) in [6, 6.07) is 11.0. The lowest BCUT2D eigenvalue weighted by Crippen LogP contribution is -2.38. The fourth-order valence-corrected chi connectivity index (χ4v) is 2.51. The topological polar surface area (TPSA) is 32.3 Å². The Labute approximate surface area is 97.7 Å². The van der Waals surface area contributed by atoms with E-state index >= 15 is 0 Å². The number of nitrogens with one attached hydrogen (secondary N) is 1. The Kier molecular flexibility index (Phi) is 4.37. The molecule has 0 aromatic heterocycles. The molecule has 1 aliphatic heterocycles. The van der Waals surface area contributed by atoms with Crippen LogP contribution in [0.15, 0.2) is 30.3 Å². The Morgan fingerprint density at radius 3 is 2.75 bits per heavy atom. The summed E-state index contributed by atoms with van der Waals surface area (Å²) in [4.78, 5) is 0. The summed E-state index contributed by atoms with van der Waals surface area (Å²) in [6.07, 6.45) is 4.67. The van der Waals surface area contributed by atoms with Gasteiger partial charge in [-0.1, -0.05) is 36.8 Å². The molecule has 1 aromatic carbocycles. The van der Waals surface area contributed by atoms with Gasteiger partial charge in [0.05, 0.1) is 0 Å². The predicted molar refractivity (Wildman–Crippen MR) is 66.4 cm³/mol. The minimum absolute atomic E-state index is 0.310. The van der Waals surface area contributed by atoms with E-state index in [0.717, 1.165) is 19.4 Å². The van der Waals surface area contributed by atoms with Gasteiger partial charge in [0, 0.05) is 12.6 Å². The average molecular weight is 219 g/mol. The number of hydrogen-bond acceptors (Lipinski definition) is 2. The van der Waals surface area contributed by atoms with Crippen LogP contribution in [-0.4, -0.2) is 24.3 Å². The molecular formula is C14H21NO. The van der Waals surface area contributed by atoms with E-state index in [1.165, 1.54) is 18.4 Å². The summed E-state index contributed by atoms with van der Waals surface area (Å²) in [5, 5.41) is 13.0. The highest BCUT2D eigenvalue weighted by molar-refractivity contribution is 5.16. The first-order chi connectivity index (χ1) is 7.90. The zero-order valence-electron chi connectivity index (χ0n) is 9.73. The van der Waals surface area contributed by atoms with Gasteiger partial charge in [0.2, 0.25) is 0 Å². The molecule has 1 fully saturated rings. The number of aliphatic hydroxyl groups is 1. The summed E-state index contributed by atoms with van der Waals surface area (Å²) in [6.45, 7) is 1.40. The van der Waals surface area contributed by atoms with E-state index in [-0.39, 0.29) is 0 Å². The van der Waals surface area contributed by atoms with Crippen molar-refractivity contribution in [2.24, 2.45) is 5.92 Å². The van der Waals surface area contributed by atoms with Gasteiger partial charge in [-0.3, -0.25) is 0 Å². The van der Waals surface area contributed by atoms with E-state index < -0.39 is 0 Å². The largest absolute Gasteiger partial charge is 0.396 e. The van der Waals surface area contributed by atoms with Gasteiger partial charge >= 0.3 is 0 Å². The molecule has 1 saturated heterocycles. The molecular weight excluding hydrogens is 198 g/mol. The Morgan fingerprint density at radius 2 is 2.00 bits per heavy atom. The number of aliphatic hydroxyl groups excluding tert-OH is 1. The minimum Gasteiger partial charge on any atom is -0.396 e. The molecule has 2 rings (SSSR count). The maximum Gasteiger partial charge on any atom is 0.0474 e. The van der Waals surface area contributed by atoms with Gasteiger partial charge in [-0.15, -0.1) is 0 Å². The van der Waals surface area contributed by atoms with E-state index in [2.05, 4.69) is 29.6 Å². The van der Waals surface area contributed by atoms with Crippen LogP contribution in [0, 0.1) is 5.92 Å². The summed E-state index contributed by atoms with van der Waals surface area (Å²) in [7, 11) is 0. The third-order valence-corrected chi connectivity index (χ3v) is 3.51. The summed E-state index contributed by atoms with van der Waals surface area (Å²) in [5.41, 5.74) is 1.36. The molecule has 2 nitrogen and oxygen atoms in total. The minimum atomic E-state index is 0.310. The van der Waals surface area contributed by atoms with Crippen molar-refractivity contribution in [3.8, 4) is 0 Å². The smallest absolute Gasteiger partial charge is 0.0474 e. The van der Waals surface area contributed by atoms with Gasteiger partial charge in [-0.2, -0.15) is 0 Å². The Morgan fingerprint density at radius 1 is 1.19 bits per heavy atom. The zero-order chi connectivity index (χ0) is 11.2. The molecule has 2 N–H and O–H groups in total. The van der Waals surface area contributed by atoms with E-state index in [1.807, 2.05) is 6.07 Å². The number of rotatable bonds is 3. The third kappa shape index (κ3) is 3.06. The molecule has 0 amide bonds. The van der Waals surface area contributed by atoms with Crippen LogP contribution in [0.4, 0.5) is 0 Å². The van der Waals surface area contributed by atoms with Gasteiger partial charge in [0.1, 0.15) is 0 Å². The molecule has 2 unspecified atom stereocenters. The van der Waals surface area contributed by atoms with Gasteiger partial charge in [0.25, 0.3) is 0 Å². The first kappa shape index (κ1) is 11.6. The van der Waals surface area contributed by atoms with Crippen LogP contribution in [0.3, 0.4) is 0 Å². The van der Waals surface area contributed by atoms with Crippen LogP contribution in [0.1, 0.15) is 24.8 Å². The monoisotopic (exact) mass is 219 g/mol. The second-order valence-electron chi connectivity index (χ2n) is 4.69. The average Bonchev–Trinajstić information content (AvgIpc) is 2.55. The molecule has 0 bridgehead atoms. The van der Waals surface area contributed by atoms with Crippen molar-refractivity contribution in [1.29, 1.82) is 0 Å². The van der Waals surface area contributed by atoms with E-state index in [1.54, 1.807) is 0 Å². The van der Waals surface area contributed by atoms with Crippen molar-refractivity contribution in [2.75, 3.05) is 13.2 Å². The second-order valence-corrected chi connectivity index (χ2v) is 4.69. The zero-order valence-corrected chi connectivity index (χ0v) is 9.73. The predicted octanol–water partition coefficient (Wildman–Crippen LogP) is 1.98. The molecule has 1 heterocycles. The normalized spacial score (nSPS) is 26.3. The van der Waals surface area contributed by atoms with Crippen molar-refractivity contribution in [2.45, 2.75) is 31.7 Å². The highest BCUT2D eigenvalue weighted by atomic mass is 16.3. The summed E-state index contributed by atoms with van der Waals surface area (Å²) < 4.78 is 0. The molecule has 1 aliphatic rings. The molecule has 16 heavy (non-hydrogen) atoms. The van der Waals surface area contributed by atoms with Crippen molar-refractivity contribution >= 4 is 0 Å². The van der Waals surface area contributed by atoms with Crippen molar-refractivity contribution in [3.05, 3.63) is 35.9 Å². The SMILES string of the molecule is OCC1CCCCNC1Cc1ccccc1. The van der Waals surface area contributed by atoms with Gasteiger partial charge < -0.3 is 10.4 Å².